The number of hydrogen-bond donors (Lipinski definition) is 1. The molecule has 0 atom stereocenters. The van der Waals surface area contributed by atoms with Crippen molar-refractivity contribution < 1.29 is 13.9 Å². The summed E-state index contributed by atoms with van der Waals surface area (Å²) in [5.41, 5.74) is 5.24. The zero-order chi connectivity index (χ0) is 21.8. The van der Waals surface area contributed by atoms with Crippen LogP contribution in [0.4, 0.5) is 9.18 Å². The van der Waals surface area contributed by atoms with Crippen molar-refractivity contribution in [3.05, 3.63) is 98.2 Å². The molecule has 0 aliphatic heterocycles. The number of hydrogen-bond acceptors (Lipinski definition) is 2. The number of amides is 1. The first-order valence-corrected chi connectivity index (χ1v) is 11.5. The fraction of sp³-hybridized carbons (Fsp3) is 0.160. The van der Waals surface area contributed by atoms with Crippen molar-refractivity contribution in [2.45, 2.75) is 12.3 Å². The molecule has 1 aliphatic rings. The molecular formula is C25H20Br2FNO2. The van der Waals surface area contributed by atoms with E-state index in [-0.39, 0.29) is 18.3 Å². The molecule has 0 unspecified atom stereocenters. The number of alkyl carbamates (subject to hydrolysis) is 1. The molecule has 1 N–H and O–H groups in total. The Hall–Kier alpha value is -2.44. The van der Waals surface area contributed by atoms with Crippen molar-refractivity contribution >= 4 is 44.0 Å². The van der Waals surface area contributed by atoms with Gasteiger partial charge in [-0.1, -0.05) is 92.5 Å². The third kappa shape index (κ3) is 4.91. The monoisotopic (exact) mass is 543 g/mol. The molecule has 0 aromatic heterocycles. The Labute approximate surface area is 197 Å². The Bertz CT molecular complexity index is 1080. The van der Waals surface area contributed by atoms with Crippen LogP contribution in [0.1, 0.15) is 29.0 Å². The fourth-order valence-corrected chi connectivity index (χ4v) is 5.13. The van der Waals surface area contributed by atoms with Crippen LogP contribution >= 0.6 is 31.9 Å². The third-order valence-corrected chi connectivity index (χ3v) is 6.37. The summed E-state index contributed by atoms with van der Waals surface area (Å²) in [6.07, 6.45) is 3.63. The molecule has 1 amide bonds. The minimum absolute atomic E-state index is 0.0378. The minimum Gasteiger partial charge on any atom is -0.449 e. The fourth-order valence-electron chi connectivity index (χ4n) is 3.82. The third-order valence-electron chi connectivity index (χ3n) is 5.25. The van der Waals surface area contributed by atoms with Crippen LogP contribution in [0, 0.1) is 5.82 Å². The molecule has 31 heavy (non-hydrogen) atoms. The number of ether oxygens (including phenoxy) is 1. The normalized spacial score (nSPS) is 12.6. The molecular weight excluding hydrogens is 525 g/mol. The largest absolute Gasteiger partial charge is 0.449 e. The van der Waals surface area contributed by atoms with Crippen LogP contribution in [0.2, 0.25) is 0 Å². The summed E-state index contributed by atoms with van der Waals surface area (Å²) < 4.78 is 20.9. The van der Waals surface area contributed by atoms with Crippen molar-refractivity contribution in [1.82, 2.24) is 5.32 Å². The van der Waals surface area contributed by atoms with E-state index in [1.54, 1.807) is 12.1 Å². The molecule has 0 saturated heterocycles. The van der Waals surface area contributed by atoms with E-state index in [1.165, 1.54) is 28.3 Å². The van der Waals surface area contributed by atoms with Gasteiger partial charge in [-0.3, -0.25) is 0 Å². The van der Waals surface area contributed by atoms with Crippen LogP contribution in [-0.2, 0) is 4.74 Å². The number of rotatable bonds is 6. The highest BCUT2D eigenvalue weighted by atomic mass is 79.9. The van der Waals surface area contributed by atoms with E-state index < -0.39 is 6.09 Å². The van der Waals surface area contributed by atoms with Crippen LogP contribution in [0.25, 0.3) is 17.2 Å². The Morgan fingerprint density at radius 3 is 2.32 bits per heavy atom. The van der Waals surface area contributed by atoms with Gasteiger partial charge in [0.05, 0.1) is 0 Å². The highest BCUT2D eigenvalue weighted by Crippen LogP contribution is 2.44. The Balaban J connectivity index is 1.29. The van der Waals surface area contributed by atoms with Gasteiger partial charge in [-0.25, -0.2) is 9.18 Å². The summed E-state index contributed by atoms with van der Waals surface area (Å²) in [7, 11) is 0. The van der Waals surface area contributed by atoms with Crippen LogP contribution in [0.15, 0.2) is 75.7 Å². The van der Waals surface area contributed by atoms with Gasteiger partial charge in [0.25, 0.3) is 0 Å². The van der Waals surface area contributed by atoms with Crippen LogP contribution < -0.4 is 5.32 Å². The molecule has 3 nitrogen and oxygen atoms in total. The Morgan fingerprint density at radius 1 is 1.03 bits per heavy atom. The maximum Gasteiger partial charge on any atom is 0.407 e. The standard InChI is InChI=1S/C25H20Br2FNO2/c26-16-13-23(27)21(24(28)14-16)11-5-6-12-29-25(30)31-15-22-19-9-3-1-7-17(19)18-8-2-4-10-20(18)22/h1-5,7-11,13-14,22H,6,12,15H2,(H,29,30). The summed E-state index contributed by atoms with van der Waals surface area (Å²) in [6.45, 7) is 0.690. The van der Waals surface area contributed by atoms with E-state index in [0.29, 0.717) is 27.5 Å². The lowest BCUT2D eigenvalue weighted by Crippen LogP contribution is -2.26. The van der Waals surface area contributed by atoms with E-state index in [9.17, 15) is 9.18 Å². The second-order valence-electron chi connectivity index (χ2n) is 7.23. The van der Waals surface area contributed by atoms with Gasteiger partial charge in [-0.15, -0.1) is 0 Å². The molecule has 3 aromatic carbocycles. The number of carbonyl (C=O) groups excluding carboxylic acids is 1. The zero-order valence-corrected chi connectivity index (χ0v) is 19.7. The second kappa shape index (κ2) is 9.79. The van der Waals surface area contributed by atoms with Crippen molar-refractivity contribution in [2.24, 2.45) is 0 Å². The number of fused-ring (bicyclic) bond motifs is 3. The Kier molecular flexibility index (Phi) is 6.88. The molecule has 6 heteroatoms. The van der Waals surface area contributed by atoms with E-state index in [1.807, 2.05) is 30.3 Å². The van der Waals surface area contributed by atoms with Crippen LogP contribution in [-0.4, -0.2) is 19.2 Å². The summed E-state index contributed by atoms with van der Waals surface area (Å²) in [5, 5.41) is 2.75. The topological polar surface area (TPSA) is 38.3 Å². The van der Waals surface area contributed by atoms with Crippen molar-refractivity contribution in [1.29, 1.82) is 0 Å². The molecule has 0 saturated carbocycles. The van der Waals surface area contributed by atoms with E-state index in [0.717, 1.165) is 0 Å². The molecule has 3 aromatic rings. The predicted octanol–water partition coefficient (Wildman–Crippen LogP) is 7.29. The number of carbonyl (C=O) groups is 1. The summed E-state index contributed by atoms with van der Waals surface area (Å²) in [4.78, 5) is 12.2. The molecule has 0 bridgehead atoms. The number of benzene rings is 3. The lowest BCUT2D eigenvalue weighted by molar-refractivity contribution is 0.143. The molecule has 4 rings (SSSR count). The molecule has 0 fully saturated rings. The first-order valence-electron chi connectivity index (χ1n) is 9.94. The summed E-state index contributed by atoms with van der Waals surface area (Å²) in [5.74, 6) is -0.280. The zero-order valence-electron chi connectivity index (χ0n) is 16.6. The highest BCUT2D eigenvalue weighted by Gasteiger charge is 2.28. The van der Waals surface area contributed by atoms with E-state index in [2.05, 4.69) is 61.4 Å². The molecule has 0 heterocycles. The van der Waals surface area contributed by atoms with Gasteiger partial charge in [0.15, 0.2) is 0 Å². The SMILES string of the molecule is O=C(NCCC=Cc1c(F)cc(Br)cc1Br)OCC1c2ccccc2-c2ccccc21. The molecule has 158 valence electrons. The predicted molar refractivity (Wildman–Crippen MR) is 129 cm³/mol. The number of nitrogens with one attached hydrogen (secondary N) is 1. The maximum atomic E-state index is 14.0. The summed E-state index contributed by atoms with van der Waals surface area (Å²) in [6, 6.07) is 19.7. The van der Waals surface area contributed by atoms with Gasteiger partial charge in [-0.2, -0.15) is 0 Å². The van der Waals surface area contributed by atoms with Crippen molar-refractivity contribution in [2.75, 3.05) is 13.2 Å². The minimum atomic E-state index is -0.453. The first kappa shape index (κ1) is 21.8. The van der Waals surface area contributed by atoms with Crippen LogP contribution in [0.5, 0.6) is 0 Å². The smallest absolute Gasteiger partial charge is 0.407 e. The van der Waals surface area contributed by atoms with E-state index in [4.69, 9.17) is 4.74 Å². The Morgan fingerprint density at radius 2 is 1.68 bits per heavy atom. The van der Waals surface area contributed by atoms with Crippen LogP contribution in [0.3, 0.4) is 0 Å². The highest BCUT2D eigenvalue weighted by molar-refractivity contribution is 9.11. The molecule has 0 radical (unpaired) electrons. The maximum absolute atomic E-state index is 14.0. The van der Waals surface area contributed by atoms with E-state index >= 15 is 0 Å². The number of halogens is 3. The van der Waals surface area contributed by atoms with Gasteiger partial charge in [-0.05, 0) is 40.8 Å². The summed E-state index contributed by atoms with van der Waals surface area (Å²) >= 11 is 6.61. The van der Waals surface area contributed by atoms with Gasteiger partial charge < -0.3 is 10.1 Å². The van der Waals surface area contributed by atoms with Crippen molar-refractivity contribution in [3.63, 3.8) is 0 Å². The quantitative estimate of drug-likeness (QED) is 0.331. The lowest BCUT2D eigenvalue weighted by atomic mass is 9.98. The average Bonchev–Trinajstić information content (AvgIpc) is 3.07. The van der Waals surface area contributed by atoms with Crippen molar-refractivity contribution in [3.8, 4) is 11.1 Å². The molecule has 0 spiro atoms. The first-order chi connectivity index (χ1) is 15.0. The second-order valence-corrected chi connectivity index (χ2v) is 9.00. The average molecular weight is 545 g/mol. The van der Waals surface area contributed by atoms with Gasteiger partial charge in [0.1, 0.15) is 12.4 Å². The molecule has 1 aliphatic carbocycles. The lowest BCUT2D eigenvalue weighted by Gasteiger charge is -2.14. The van der Waals surface area contributed by atoms with Gasteiger partial charge in [0, 0.05) is 27.0 Å². The van der Waals surface area contributed by atoms with Gasteiger partial charge in [0.2, 0.25) is 0 Å². The van der Waals surface area contributed by atoms with Gasteiger partial charge >= 0.3 is 6.09 Å².